The highest BCUT2D eigenvalue weighted by Crippen LogP contribution is 2.61. The second-order valence-corrected chi connectivity index (χ2v) is 16.8. The van der Waals surface area contributed by atoms with E-state index in [0.717, 1.165) is 12.8 Å². The van der Waals surface area contributed by atoms with Crippen molar-refractivity contribution in [1.82, 2.24) is 0 Å². The van der Waals surface area contributed by atoms with Crippen LogP contribution in [0.15, 0.2) is 152 Å². The van der Waals surface area contributed by atoms with Crippen molar-refractivity contribution in [2.24, 2.45) is 0 Å². The molecule has 7 aromatic rings. The van der Waals surface area contributed by atoms with Gasteiger partial charge in [-0.2, -0.15) is 0 Å². The molecule has 53 heavy (non-hydrogen) atoms. The molecule has 252 valence electrons. The molecule has 4 aliphatic heterocycles. The van der Waals surface area contributed by atoms with Gasteiger partial charge in [0.25, 0.3) is 0 Å². The average Bonchev–Trinajstić information content (AvgIpc) is 3.54. The molecule has 2 nitrogen and oxygen atoms in total. The number of anilines is 5. The Morgan fingerprint density at radius 2 is 1.23 bits per heavy atom. The number of rotatable bonds is 2. The largest absolute Gasteiger partial charge is 0.376 e. The lowest BCUT2D eigenvalue weighted by atomic mass is 9.40. The van der Waals surface area contributed by atoms with Gasteiger partial charge in [-0.15, -0.1) is 0 Å². The van der Waals surface area contributed by atoms with E-state index in [1.807, 2.05) is 0 Å². The summed E-state index contributed by atoms with van der Waals surface area (Å²) in [6, 6.07) is 58.1. The summed E-state index contributed by atoms with van der Waals surface area (Å²) in [7, 11) is 0. The molecule has 2 aliphatic carbocycles. The van der Waals surface area contributed by atoms with Crippen molar-refractivity contribution in [3.05, 3.63) is 185 Å². The Morgan fingerprint density at radius 1 is 0.547 bits per heavy atom. The minimum atomic E-state index is -0.0728. The van der Waals surface area contributed by atoms with Crippen LogP contribution in [0.25, 0.3) is 22.3 Å². The van der Waals surface area contributed by atoms with Crippen LogP contribution in [0.1, 0.15) is 72.9 Å². The van der Waals surface area contributed by atoms with Crippen molar-refractivity contribution >= 4 is 46.2 Å². The Labute approximate surface area is 312 Å². The predicted molar refractivity (Wildman–Crippen MR) is 222 cm³/mol. The molecule has 0 fully saturated rings. The molecule has 0 amide bonds. The Balaban J connectivity index is 1.29. The first-order valence-electron chi connectivity index (χ1n) is 19.3. The van der Waals surface area contributed by atoms with Gasteiger partial charge in [-0.3, -0.25) is 0 Å². The molecule has 7 aromatic carbocycles. The van der Waals surface area contributed by atoms with E-state index in [1.165, 1.54) is 95.0 Å². The summed E-state index contributed by atoms with van der Waals surface area (Å²) in [6.07, 6.45) is 2.29. The first-order chi connectivity index (χ1) is 25.9. The summed E-state index contributed by atoms with van der Waals surface area (Å²) in [5, 5.41) is 0. The Morgan fingerprint density at radius 3 is 2.02 bits per heavy atom. The maximum atomic E-state index is 2.67. The van der Waals surface area contributed by atoms with Crippen LogP contribution in [0.4, 0.5) is 28.4 Å². The lowest BCUT2D eigenvalue weighted by Gasteiger charge is -2.45. The minimum Gasteiger partial charge on any atom is -0.376 e. The fraction of sp³-hybridized carbons (Fsp3) is 0.160. The molecule has 2 atom stereocenters. The minimum absolute atomic E-state index is 0.0444. The number of nitrogens with zero attached hydrogens (tertiary/aromatic N) is 2. The molecule has 0 spiro atoms. The molecule has 2 unspecified atom stereocenters. The molecule has 4 bridgehead atoms. The predicted octanol–water partition coefficient (Wildman–Crippen LogP) is 11.2. The Bertz CT molecular complexity index is 2680. The van der Waals surface area contributed by atoms with Crippen molar-refractivity contribution in [1.29, 1.82) is 0 Å². The van der Waals surface area contributed by atoms with E-state index < -0.39 is 0 Å². The molecule has 0 saturated carbocycles. The molecule has 3 heteroatoms. The molecule has 0 N–H and O–H groups in total. The van der Waals surface area contributed by atoms with Gasteiger partial charge in [-0.1, -0.05) is 118 Å². The van der Waals surface area contributed by atoms with Gasteiger partial charge in [-0.25, -0.2) is 0 Å². The zero-order valence-electron chi connectivity index (χ0n) is 30.4. The average molecular weight is 679 g/mol. The Kier molecular flexibility index (Phi) is 5.73. The highest BCUT2D eigenvalue weighted by Gasteiger charge is 2.51. The van der Waals surface area contributed by atoms with E-state index in [4.69, 9.17) is 0 Å². The molecule has 13 rings (SSSR count). The monoisotopic (exact) mass is 678 g/mol. The second kappa shape index (κ2) is 10.2. The van der Waals surface area contributed by atoms with Gasteiger partial charge in [0.05, 0.1) is 5.69 Å². The van der Waals surface area contributed by atoms with Crippen LogP contribution in [-0.2, 0) is 10.8 Å². The maximum Gasteiger partial charge on any atom is 0.329 e. The van der Waals surface area contributed by atoms with E-state index >= 15 is 0 Å². The summed E-state index contributed by atoms with van der Waals surface area (Å²) in [5.41, 5.74) is 23.3. The summed E-state index contributed by atoms with van der Waals surface area (Å²) in [4.78, 5) is 5.17. The normalized spacial score (nSPS) is 20.1. The van der Waals surface area contributed by atoms with Crippen LogP contribution in [-0.4, -0.2) is 6.85 Å². The first kappa shape index (κ1) is 29.7. The van der Waals surface area contributed by atoms with Crippen LogP contribution in [0.2, 0.25) is 0 Å². The van der Waals surface area contributed by atoms with E-state index in [-0.39, 0.29) is 23.6 Å². The van der Waals surface area contributed by atoms with Gasteiger partial charge < -0.3 is 9.71 Å². The van der Waals surface area contributed by atoms with Crippen LogP contribution >= 0.6 is 0 Å². The smallest absolute Gasteiger partial charge is 0.329 e. The fourth-order valence-corrected chi connectivity index (χ4v) is 11.0. The summed E-state index contributed by atoms with van der Waals surface area (Å²) in [6.45, 7) is 7.51. The van der Waals surface area contributed by atoms with Gasteiger partial charge in [0.15, 0.2) is 0 Å². The third-order valence-corrected chi connectivity index (χ3v) is 13.7. The van der Waals surface area contributed by atoms with Crippen LogP contribution in [0.3, 0.4) is 0 Å². The summed E-state index contributed by atoms with van der Waals surface area (Å²) < 4.78 is 0. The van der Waals surface area contributed by atoms with Crippen LogP contribution in [0.5, 0.6) is 0 Å². The van der Waals surface area contributed by atoms with Crippen molar-refractivity contribution in [3.8, 4) is 22.3 Å². The maximum absolute atomic E-state index is 2.67. The lowest BCUT2D eigenvalue weighted by Crippen LogP contribution is -2.62. The van der Waals surface area contributed by atoms with Crippen LogP contribution in [0, 0.1) is 0 Å². The van der Waals surface area contributed by atoms with E-state index in [0.29, 0.717) is 0 Å². The van der Waals surface area contributed by atoms with Gasteiger partial charge in [-0.05, 0) is 128 Å². The fourth-order valence-electron chi connectivity index (χ4n) is 11.0. The zero-order chi connectivity index (χ0) is 35.2. The number of hydrogen-bond donors (Lipinski definition) is 0. The van der Waals surface area contributed by atoms with Gasteiger partial charge in [0.2, 0.25) is 0 Å². The van der Waals surface area contributed by atoms with Crippen molar-refractivity contribution < 1.29 is 0 Å². The molecular weight excluding hydrogens is 639 g/mol. The summed E-state index contributed by atoms with van der Waals surface area (Å²) >= 11 is 0. The summed E-state index contributed by atoms with van der Waals surface area (Å²) in [5.74, 6) is 0.153. The lowest BCUT2D eigenvalue weighted by molar-refractivity contribution is 0.349. The van der Waals surface area contributed by atoms with E-state index in [9.17, 15) is 0 Å². The molecule has 4 heterocycles. The highest BCUT2D eigenvalue weighted by molar-refractivity contribution is 6.92. The van der Waals surface area contributed by atoms with Crippen molar-refractivity contribution in [2.45, 2.75) is 50.4 Å². The van der Waals surface area contributed by atoms with E-state index in [1.54, 1.807) is 0 Å². The number of benzene rings is 7. The van der Waals surface area contributed by atoms with Crippen molar-refractivity contribution in [3.63, 3.8) is 0 Å². The highest BCUT2D eigenvalue weighted by atomic mass is 15.1. The molecular formula is C50H39BN2. The topological polar surface area (TPSA) is 6.48 Å². The molecule has 0 radical (unpaired) electrons. The van der Waals surface area contributed by atoms with Gasteiger partial charge >= 0.3 is 6.85 Å². The zero-order valence-corrected chi connectivity index (χ0v) is 30.4. The molecule has 6 aliphatic rings. The SMILES string of the molecule is CC1(C)CCC2(C)c3ccc(cc3)N(c3ccccc3)c3cc4c5c6c3-c3cc2c1cc3C6c1ccccc1B5N(c1ccccc1)c1ccccc1-4. The molecule has 0 saturated heterocycles. The Hall–Kier alpha value is -5.80. The second-order valence-electron chi connectivity index (χ2n) is 16.8. The third-order valence-electron chi connectivity index (χ3n) is 13.7. The molecule has 0 aromatic heterocycles. The quantitative estimate of drug-likeness (QED) is 0.168. The van der Waals surface area contributed by atoms with Gasteiger partial charge in [0.1, 0.15) is 0 Å². The number of hydrogen-bond acceptors (Lipinski definition) is 2. The van der Waals surface area contributed by atoms with E-state index in [2.05, 4.69) is 182 Å². The standard InChI is InChI=1S/C50H39BN2/c1-49(2)26-27-50(3)31-22-24-33(25-23-31)52(32-14-6-4-7-15-32)44-30-39-35-18-11-13-21-43(35)53(34-16-8-5-9-17-34)51-42-20-12-10-19-36(42)45-37-28-40(49)41(50)29-38(37)46(44)47(45)48(39)51/h4-25,28-30,45H,26-27H2,1-3H3. The number of fused-ring (bicyclic) bond motifs is 8. The first-order valence-corrected chi connectivity index (χ1v) is 19.3. The van der Waals surface area contributed by atoms with Crippen molar-refractivity contribution in [2.75, 3.05) is 9.71 Å². The third kappa shape index (κ3) is 3.75. The number of para-hydroxylation sites is 3. The van der Waals surface area contributed by atoms with Gasteiger partial charge in [0, 0.05) is 45.2 Å². The van der Waals surface area contributed by atoms with Crippen LogP contribution < -0.4 is 20.6 Å².